The largest absolute Gasteiger partial charge is 0.312 e. The number of nitrogens with one attached hydrogen (secondary N) is 1. The van der Waals surface area contributed by atoms with Crippen LogP contribution in [0.3, 0.4) is 0 Å². The molecule has 2 unspecified atom stereocenters. The Labute approximate surface area is 99.4 Å². The van der Waals surface area contributed by atoms with Crippen LogP contribution in [0.15, 0.2) is 0 Å². The highest BCUT2D eigenvalue weighted by atomic mass is 14.9. The molecule has 2 atom stereocenters. The SMILES string of the molecule is CC1CCC(CNC2CCCC2C#N)CC1. The third-order valence-corrected chi connectivity index (χ3v) is 4.49. The van der Waals surface area contributed by atoms with Gasteiger partial charge in [-0.15, -0.1) is 0 Å². The van der Waals surface area contributed by atoms with Crippen LogP contribution in [0.4, 0.5) is 0 Å². The summed E-state index contributed by atoms with van der Waals surface area (Å²) in [5.74, 6) is 2.09. The van der Waals surface area contributed by atoms with Crippen molar-refractivity contribution in [1.82, 2.24) is 5.32 Å². The fraction of sp³-hybridized carbons (Fsp3) is 0.929. The van der Waals surface area contributed by atoms with Gasteiger partial charge in [0.05, 0.1) is 12.0 Å². The van der Waals surface area contributed by atoms with Gasteiger partial charge in [-0.2, -0.15) is 5.26 Å². The van der Waals surface area contributed by atoms with Crippen molar-refractivity contribution in [2.45, 2.75) is 57.9 Å². The van der Waals surface area contributed by atoms with Gasteiger partial charge in [0.1, 0.15) is 0 Å². The van der Waals surface area contributed by atoms with E-state index < -0.39 is 0 Å². The molecule has 0 radical (unpaired) electrons. The molecule has 1 N–H and O–H groups in total. The molecule has 0 amide bonds. The molecule has 0 aromatic rings. The van der Waals surface area contributed by atoms with E-state index in [9.17, 15) is 0 Å². The third-order valence-electron chi connectivity index (χ3n) is 4.49. The van der Waals surface area contributed by atoms with Crippen LogP contribution in [-0.2, 0) is 0 Å². The van der Waals surface area contributed by atoms with Crippen LogP contribution in [0.25, 0.3) is 0 Å². The maximum atomic E-state index is 9.02. The van der Waals surface area contributed by atoms with Gasteiger partial charge in [0.2, 0.25) is 0 Å². The molecule has 0 spiro atoms. The van der Waals surface area contributed by atoms with Crippen LogP contribution in [-0.4, -0.2) is 12.6 Å². The highest BCUT2D eigenvalue weighted by Crippen LogP contribution is 2.29. The van der Waals surface area contributed by atoms with Crippen LogP contribution < -0.4 is 5.32 Å². The molecule has 2 heteroatoms. The molecule has 90 valence electrons. The van der Waals surface area contributed by atoms with Crippen molar-refractivity contribution in [3.05, 3.63) is 0 Å². The molecule has 0 bridgehead atoms. The predicted octanol–water partition coefficient (Wildman–Crippen LogP) is 3.09. The Kier molecular flexibility index (Phi) is 4.23. The summed E-state index contributed by atoms with van der Waals surface area (Å²) in [5, 5.41) is 12.7. The molecule has 2 aliphatic carbocycles. The summed E-state index contributed by atoms with van der Waals surface area (Å²) in [5.41, 5.74) is 0. The van der Waals surface area contributed by atoms with Crippen molar-refractivity contribution in [3.8, 4) is 6.07 Å². The van der Waals surface area contributed by atoms with Crippen LogP contribution >= 0.6 is 0 Å². The summed E-state index contributed by atoms with van der Waals surface area (Å²) >= 11 is 0. The van der Waals surface area contributed by atoms with Gasteiger partial charge in [-0.25, -0.2) is 0 Å². The molecule has 0 heterocycles. The lowest BCUT2D eigenvalue weighted by atomic mass is 9.83. The van der Waals surface area contributed by atoms with E-state index in [2.05, 4.69) is 18.3 Å². The summed E-state index contributed by atoms with van der Waals surface area (Å²) in [6.07, 6.45) is 9.13. The predicted molar refractivity (Wildman–Crippen MR) is 65.9 cm³/mol. The van der Waals surface area contributed by atoms with Gasteiger partial charge in [-0.3, -0.25) is 0 Å². The molecular weight excluding hydrogens is 196 g/mol. The number of hydrogen-bond acceptors (Lipinski definition) is 2. The number of rotatable bonds is 3. The summed E-state index contributed by atoms with van der Waals surface area (Å²) in [6.45, 7) is 3.52. The van der Waals surface area contributed by atoms with Crippen molar-refractivity contribution in [3.63, 3.8) is 0 Å². The second-order valence-electron chi connectivity index (χ2n) is 5.81. The van der Waals surface area contributed by atoms with E-state index in [1.165, 1.54) is 38.5 Å². The first-order valence-electron chi connectivity index (χ1n) is 6.92. The first-order valence-corrected chi connectivity index (χ1v) is 6.92. The van der Waals surface area contributed by atoms with Crippen LogP contribution in [0.5, 0.6) is 0 Å². The lowest BCUT2D eigenvalue weighted by Gasteiger charge is -2.28. The Morgan fingerprint density at radius 2 is 1.88 bits per heavy atom. The highest BCUT2D eigenvalue weighted by Gasteiger charge is 2.27. The Morgan fingerprint density at radius 1 is 1.12 bits per heavy atom. The van der Waals surface area contributed by atoms with E-state index in [4.69, 9.17) is 5.26 Å². The Balaban J connectivity index is 1.69. The van der Waals surface area contributed by atoms with Gasteiger partial charge in [0.25, 0.3) is 0 Å². The van der Waals surface area contributed by atoms with Crippen molar-refractivity contribution >= 4 is 0 Å². The van der Waals surface area contributed by atoms with Gasteiger partial charge in [0.15, 0.2) is 0 Å². The molecule has 0 aliphatic heterocycles. The second-order valence-corrected chi connectivity index (χ2v) is 5.81. The highest BCUT2D eigenvalue weighted by molar-refractivity contribution is 4.96. The number of hydrogen-bond donors (Lipinski definition) is 1. The van der Waals surface area contributed by atoms with Crippen LogP contribution in [0, 0.1) is 29.1 Å². The van der Waals surface area contributed by atoms with Crippen LogP contribution in [0.2, 0.25) is 0 Å². The summed E-state index contributed by atoms with van der Waals surface area (Å²) in [6, 6.07) is 2.94. The van der Waals surface area contributed by atoms with Gasteiger partial charge in [-0.05, 0) is 44.1 Å². The molecule has 0 saturated heterocycles. The quantitative estimate of drug-likeness (QED) is 0.793. The average Bonchev–Trinajstić information content (AvgIpc) is 2.76. The molecule has 2 rings (SSSR count). The van der Waals surface area contributed by atoms with Crippen LogP contribution in [0.1, 0.15) is 51.9 Å². The van der Waals surface area contributed by atoms with E-state index in [0.717, 1.165) is 24.8 Å². The zero-order valence-electron chi connectivity index (χ0n) is 10.4. The maximum absolute atomic E-state index is 9.02. The molecular formula is C14H24N2. The minimum absolute atomic E-state index is 0.280. The normalized spacial score (nSPS) is 39.5. The Morgan fingerprint density at radius 3 is 2.56 bits per heavy atom. The Hall–Kier alpha value is -0.550. The molecule has 2 aliphatic rings. The number of nitriles is 1. The third kappa shape index (κ3) is 2.98. The average molecular weight is 220 g/mol. The van der Waals surface area contributed by atoms with E-state index in [1.54, 1.807) is 0 Å². The standard InChI is InChI=1S/C14H24N2/c1-11-5-7-12(8-6-11)10-16-14-4-2-3-13(14)9-15/h11-14,16H,2-8,10H2,1H3. The molecule has 0 aromatic carbocycles. The lowest BCUT2D eigenvalue weighted by molar-refractivity contribution is 0.270. The zero-order chi connectivity index (χ0) is 11.4. The molecule has 2 fully saturated rings. The van der Waals surface area contributed by atoms with E-state index >= 15 is 0 Å². The lowest BCUT2D eigenvalue weighted by Crippen LogP contribution is -2.36. The van der Waals surface area contributed by atoms with Crippen molar-refractivity contribution < 1.29 is 0 Å². The van der Waals surface area contributed by atoms with Gasteiger partial charge >= 0.3 is 0 Å². The fourth-order valence-electron chi connectivity index (χ4n) is 3.21. The summed E-state index contributed by atoms with van der Waals surface area (Å²) < 4.78 is 0. The first kappa shape index (κ1) is 11.9. The summed E-state index contributed by atoms with van der Waals surface area (Å²) in [7, 11) is 0. The minimum Gasteiger partial charge on any atom is -0.312 e. The maximum Gasteiger partial charge on any atom is 0.0672 e. The molecule has 2 nitrogen and oxygen atoms in total. The molecule has 16 heavy (non-hydrogen) atoms. The van der Waals surface area contributed by atoms with Gasteiger partial charge < -0.3 is 5.32 Å². The van der Waals surface area contributed by atoms with Gasteiger partial charge in [0, 0.05) is 6.04 Å². The molecule has 0 aromatic heterocycles. The van der Waals surface area contributed by atoms with E-state index in [1.807, 2.05) is 0 Å². The monoisotopic (exact) mass is 220 g/mol. The second kappa shape index (κ2) is 5.68. The minimum atomic E-state index is 0.280. The number of nitrogens with zero attached hydrogens (tertiary/aromatic N) is 1. The topological polar surface area (TPSA) is 35.8 Å². The first-order chi connectivity index (χ1) is 7.79. The van der Waals surface area contributed by atoms with Crippen molar-refractivity contribution in [2.75, 3.05) is 6.54 Å². The molecule has 2 saturated carbocycles. The summed E-state index contributed by atoms with van der Waals surface area (Å²) in [4.78, 5) is 0. The van der Waals surface area contributed by atoms with E-state index in [0.29, 0.717) is 6.04 Å². The van der Waals surface area contributed by atoms with Gasteiger partial charge in [-0.1, -0.05) is 26.2 Å². The zero-order valence-corrected chi connectivity index (χ0v) is 10.4. The van der Waals surface area contributed by atoms with Crippen molar-refractivity contribution in [2.24, 2.45) is 17.8 Å². The van der Waals surface area contributed by atoms with Crippen molar-refractivity contribution in [1.29, 1.82) is 5.26 Å². The van der Waals surface area contributed by atoms with E-state index in [-0.39, 0.29) is 5.92 Å². The fourth-order valence-corrected chi connectivity index (χ4v) is 3.21. The Bertz CT molecular complexity index is 248. The smallest absolute Gasteiger partial charge is 0.0672 e.